The number of hydrogen-bond acceptors (Lipinski definition) is 6. The highest BCUT2D eigenvalue weighted by Crippen LogP contribution is 2.26. The molecule has 1 N–H and O–H groups in total. The molecule has 3 rings (SSSR count). The fourth-order valence-electron chi connectivity index (χ4n) is 3.29. The van der Waals surface area contributed by atoms with Gasteiger partial charge in [0.25, 0.3) is 5.91 Å². The Balaban J connectivity index is 1.74. The number of benzene rings is 2. The third kappa shape index (κ3) is 4.89. The van der Waals surface area contributed by atoms with Gasteiger partial charge in [-0.2, -0.15) is 0 Å². The minimum absolute atomic E-state index is 0.177. The Bertz CT molecular complexity index is 961. The summed E-state index contributed by atoms with van der Waals surface area (Å²) in [6, 6.07) is 13.3. The van der Waals surface area contributed by atoms with Gasteiger partial charge < -0.3 is 19.7 Å². The maximum Gasteiger partial charge on any atom is 0.337 e. The molecule has 1 atom stereocenters. The van der Waals surface area contributed by atoms with Crippen LogP contribution in [-0.4, -0.2) is 62.1 Å². The molecule has 9 heteroatoms. The molecule has 2 aromatic carbocycles. The van der Waals surface area contributed by atoms with E-state index < -0.39 is 29.9 Å². The van der Waals surface area contributed by atoms with Crippen LogP contribution in [0.1, 0.15) is 16.8 Å². The number of hydrogen-bond donors (Lipinski definition) is 1. The van der Waals surface area contributed by atoms with Gasteiger partial charge in [0.05, 0.1) is 31.4 Å². The van der Waals surface area contributed by atoms with Gasteiger partial charge in [-0.25, -0.2) is 14.5 Å². The number of rotatable bonds is 8. The molecule has 1 fully saturated rings. The van der Waals surface area contributed by atoms with Crippen LogP contribution >= 0.6 is 0 Å². The van der Waals surface area contributed by atoms with E-state index in [-0.39, 0.29) is 19.6 Å². The van der Waals surface area contributed by atoms with Crippen LogP contribution < -0.4 is 10.2 Å². The van der Waals surface area contributed by atoms with Crippen LogP contribution in [0.3, 0.4) is 0 Å². The number of para-hydroxylation sites is 1. The Morgan fingerprint density at radius 1 is 1.00 bits per heavy atom. The van der Waals surface area contributed by atoms with Gasteiger partial charge in [0.1, 0.15) is 6.04 Å². The van der Waals surface area contributed by atoms with Crippen molar-refractivity contribution in [3.63, 3.8) is 0 Å². The highest BCUT2D eigenvalue weighted by molar-refractivity contribution is 6.22. The molecule has 1 heterocycles. The standard InChI is InChI=1S/C22H23N3O6/c1-30-13-12-24-18(20(27)25(22(24)29)17-6-4-3-5-7-17)14-19(26)23-16-10-8-15(9-11-16)21(28)31-2/h3-11,18H,12-14H2,1-2H3,(H,23,26)/t18-/m1/s1. The predicted molar refractivity (Wildman–Crippen MR) is 113 cm³/mol. The minimum atomic E-state index is -0.947. The average Bonchev–Trinajstić information content (AvgIpc) is 3.01. The van der Waals surface area contributed by atoms with E-state index in [2.05, 4.69) is 10.1 Å². The number of urea groups is 1. The number of esters is 1. The molecule has 1 aliphatic rings. The maximum absolute atomic E-state index is 13.0. The minimum Gasteiger partial charge on any atom is -0.465 e. The Labute approximate surface area is 179 Å². The summed E-state index contributed by atoms with van der Waals surface area (Å²) >= 11 is 0. The quantitative estimate of drug-likeness (QED) is 0.514. The lowest BCUT2D eigenvalue weighted by Gasteiger charge is -2.21. The van der Waals surface area contributed by atoms with Gasteiger partial charge in [-0.15, -0.1) is 0 Å². The molecule has 0 radical (unpaired) electrons. The number of carbonyl (C=O) groups excluding carboxylic acids is 4. The first-order valence-electron chi connectivity index (χ1n) is 9.63. The van der Waals surface area contributed by atoms with Crippen LogP contribution in [0, 0.1) is 0 Å². The summed E-state index contributed by atoms with van der Waals surface area (Å²) in [6.45, 7) is 0.408. The maximum atomic E-state index is 13.0. The fourth-order valence-corrected chi connectivity index (χ4v) is 3.29. The van der Waals surface area contributed by atoms with Gasteiger partial charge in [-0.1, -0.05) is 18.2 Å². The summed E-state index contributed by atoms with van der Waals surface area (Å²) in [4.78, 5) is 52.5. The van der Waals surface area contributed by atoms with Gasteiger partial charge in [-0.05, 0) is 36.4 Å². The molecule has 2 aromatic rings. The van der Waals surface area contributed by atoms with Crippen LogP contribution in [0.5, 0.6) is 0 Å². The number of nitrogens with one attached hydrogen (secondary N) is 1. The monoisotopic (exact) mass is 425 g/mol. The summed E-state index contributed by atoms with van der Waals surface area (Å²) in [7, 11) is 2.78. The largest absolute Gasteiger partial charge is 0.465 e. The first kappa shape index (κ1) is 22.0. The summed E-state index contributed by atoms with van der Waals surface area (Å²) in [5.74, 6) is -1.39. The molecule has 0 aliphatic carbocycles. The first-order valence-corrected chi connectivity index (χ1v) is 9.63. The first-order chi connectivity index (χ1) is 15.0. The third-order valence-corrected chi connectivity index (χ3v) is 4.84. The van der Waals surface area contributed by atoms with Crippen LogP contribution in [0.15, 0.2) is 54.6 Å². The van der Waals surface area contributed by atoms with E-state index in [9.17, 15) is 19.2 Å². The molecule has 0 bridgehead atoms. The normalized spacial score (nSPS) is 15.9. The second-order valence-corrected chi connectivity index (χ2v) is 6.81. The zero-order valence-electron chi connectivity index (χ0n) is 17.2. The van der Waals surface area contributed by atoms with Crippen molar-refractivity contribution < 1.29 is 28.7 Å². The summed E-state index contributed by atoms with van der Waals surface area (Å²) < 4.78 is 9.70. The predicted octanol–water partition coefficient (Wildman–Crippen LogP) is 2.29. The van der Waals surface area contributed by atoms with Gasteiger partial charge >= 0.3 is 12.0 Å². The van der Waals surface area contributed by atoms with Crippen molar-refractivity contribution in [2.45, 2.75) is 12.5 Å². The molecule has 4 amide bonds. The lowest BCUT2D eigenvalue weighted by Crippen LogP contribution is -2.39. The number of carbonyl (C=O) groups is 4. The zero-order chi connectivity index (χ0) is 22.4. The fraction of sp³-hybridized carbons (Fsp3) is 0.273. The van der Waals surface area contributed by atoms with Crippen molar-refractivity contribution in [3.8, 4) is 0 Å². The van der Waals surface area contributed by atoms with E-state index in [4.69, 9.17) is 4.74 Å². The second kappa shape index (κ2) is 9.86. The lowest BCUT2D eigenvalue weighted by atomic mass is 10.1. The Morgan fingerprint density at radius 3 is 2.29 bits per heavy atom. The van der Waals surface area contributed by atoms with E-state index in [0.717, 1.165) is 4.90 Å². The van der Waals surface area contributed by atoms with Crippen molar-refractivity contribution >= 4 is 35.2 Å². The van der Waals surface area contributed by atoms with Crippen molar-refractivity contribution in [2.24, 2.45) is 0 Å². The van der Waals surface area contributed by atoms with E-state index >= 15 is 0 Å². The van der Waals surface area contributed by atoms with E-state index in [1.165, 1.54) is 31.3 Å². The molecule has 0 aromatic heterocycles. The van der Waals surface area contributed by atoms with Crippen LogP contribution in [0.2, 0.25) is 0 Å². The number of amides is 4. The lowest BCUT2D eigenvalue weighted by molar-refractivity contribution is -0.124. The van der Waals surface area contributed by atoms with Crippen molar-refractivity contribution in [1.82, 2.24) is 4.90 Å². The van der Waals surface area contributed by atoms with Crippen molar-refractivity contribution in [3.05, 3.63) is 60.2 Å². The molecular formula is C22H23N3O6. The summed E-state index contributed by atoms with van der Waals surface area (Å²) in [6.07, 6.45) is -0.212. The van der Waals surface area contributed by atoms with Crippen LogP contribution in [0.4, 0.5) is 16.2 Å². The highest BCUT2D eigenvalue weighted by Gasteiger charge is 2.46. The SMILES string of the molecule is COCCN1C(=O)N(c2ccccc2)C(=O)[C@H]1CC(=O)Nc1ccc(C(=O)OC)cc1. The molecule has 0 unspecified atom stereocenters. The van der Waals surface area contributed by atoms with Crippen molar-refractivity contribution in [2.75, 3.05) is 37.6 Å². The summed E-state index contributed by atoms with van der Waals surface area (Å²) in [5.41, 5.74) is 1.25. The Hall–Kier alpha value is -3.72. The molecule has 9 nitrogen and oxygen atoms in total. The van der Waals surface area contributed by atoms with Gasteiger partial charge in [0.2, 0.25) is 5.91 Å². The van der Waals surface area contributed by atoms with Gasteiger partial charge in [0.15, 0.2) is 0 Å². The van der Waals surface area contributed by atoms with E-state index in [0.29, 0.717) is 16.9 Å². The number of methoxy groups -OCH3 is 2. The summed E-state index contributed by atoms with van der Waals surface area (Å²) in [5, 5.41) is 2.69. The van der Waals surface area contributed by atoms with E-state index in [1.807, 2.05) is 0 Å². The van der Waals surface area contributed by atoms with Crippen molar-refractivity contribution in [1.29, 1.82) is 0 Å². The molecule has 0 saturated carbocycles. The Kier molecular flexibility index (Phi) is 6.99. The molecule has 1 saturated heterocycles. The number of ether oxygens (including phenoxy) is 2. The van der Waals surface area contributed by atoms with E-state index in [1.54, 1.807) is 42.5 Å². The highest BCUT2D eigenvalue weighted by atomic mass is 16.5. The van der Waals surface area contributed by atoms with Gasteiger partial charge in [-0.3, -0.25) is 9.59 Å². The molecule has 31 heavy (non-hydrogen) atoms. The van der Waals surface area contributed by atoms with Crippen LogP contribution in [-0.2, 0) is 19.1 Å². The molecule has 162 valence electrons. The van der Waals surface area contributed by atoms with Gasteiger partial charge in [0, 0.05) is 19.3 Å². The number of imide groups is 1. The molecular weight excluding hydrogens is 402 g/mol. The molecule has 1 aliphatic heterocycles. The smallest absolute Gasteiger partial charge is 0.337 e. The van der Waals surface area contributed by atoms with Crippen LogP contribution in [0.25, 0.3) is 0 Å². The average molecular weight is 425 g/mol. The zero-order valence-corrected chi connectivity index (χ0v) is 17.2. The topological polar surface area (TPSA) is 105 Å². The number of anilines is 2. The Morgan fingerprint density at radius 2 is 1.68 bits per heavy atom. The second-order valence-electron chi connectivity index (χ2n) is 6.81. The molecule has 0 spiro atoms. The number of nitrogens with zero attached hydrogens (tertiary/aromatic N) is 2. The third-order valence-electron chi connectivity index (χ3n) is 4.84.